The van der Waals surface area contributed by atoms with Gasteiger partial charge in [0.1, 0.15) is 11.4 Å². The minimum absolute atomic E-state index is 0.388. The molecule has 1 atom stereocenters. The molecule has 0 radical (unpaired) electrons. The first-order valence-corrected chi connectivity index (χ1v) is 6.98. The van der Waals surface area contributed by atoms with Crippen LogP contribution in [0.1, 0.15) is 12.5 Å². The van der Waals surface area contributed by atoms with Gasteiger partial charge in [-0.3, -0.25) is 0 Å². The van der Waals surface area contributed by atoms with E-state index in [2.05, 4.69) is 29.4 Å². The molecule has 102 valence electrons. The van der Waals surface area contributed by atoms with E-state index in [1.54, 1.807) is 12.5 Å². The minimum Gasteiger partial charge on any atom is -0.464 e. The summed E-state index contributed by atoms with van der Waals surface area (Å²) in [7, 11) is 0. The summed E-state index contributed by atoms with van der Waals surface area (Å²) in [5, 5.41) is 4.41. The molecule has 0 aliphatic heterocycles. The zero-order valence-corrected chi connectivity index (χ0v) is 11.9. The van der Waals surface area contributed by atoms with Crippen LogP contribution in [0, 0.1) is 0 Å². The first-order chi connectivity index (χ1) is 9.73. The number of fused-ring (bicyclic) bond motifs is 1. The normalized spacial score (nSPS) is 14.1. The number of benzene rings is 1. The van der Waals surface area contributed by atoms with E-state index in [-0.39, 0.29) is 5.54 Å². The Morgan fingerprint density at radius 1 is 1.20 bits per heavy atom. The molecule has 3 rings (SSSR count). The molecule has 3 aromatic rings. The van der Waals surface area contributed by atoms with Crippen molar-refractivity contribution in [3.05, 3.63) is 60.5 Å². The molecule has 0 aliphatic carbocycles. The lowest BCUT2D eigenvalue weighted by Crippen LogP contribution is -2.34. The Morgan fingerprint density at radius 2 is 2.00 bits per heavy atom. The maximum atomic E-state index is 6.20. The Labute approximate surface area is 122 Å². The number of pyridine rings is 1. The molecule has 1 unspecified atom stereocenters. The van der Waals surface area contributed by atoms with Crippen molar-refractivity contribution >= 4 is 28.4 Å². The summed E-state index contributed by atoms with van der Waals surface area (Å²) >= 11 is 6.20. The molecule has 20 heavy (non-hydrogen) atoms. The van der Waals surface area contributed by atoms with Gasteiger partial charge in [-0.05, 0) is 24.6 Å². The Bertz CT molecular complexity index is 711. The monoisotopic (exact) mass is 286 g/mol. The van der Waals surface area contributed by atoms with Crippen molar-refractivity contribution in [2.45, 2.75) is 12.5 Å². The molecule has 0 amide bonds. The summed E-state index contributed by atoms with van der Waals surface area (Å²) in [5.41, 5.74) is 1.55. The second kappa shape index (κ2) is 5.17. The van der Waals surface area contributed by atoms with Crippen LogP contribution in [0.3, 0.4) is 0 Å². The van der Waals surface area contributed by atoms with Crippen molar-refractivity contribution in [1.29, 1.82) is 0 Å². The highest BCUT2D eigenvalue weighted by Gasteiger charge is 2.26. The largest absolute Gasteiger partial charge is 0.464 e. The van der Waals surface area contributed by atoms with Crippen LogP contribution < -0.4 is 5.32 Å². The Hall–Kier alpha value is -2.00. The van der Waals surface area contributed by atoms with Crippen LogP contribution in [0.5, 0.6) is 0 Å². The molecular formula is C16H15ClN2O. The lowest BCUT2D eigenvalue weighted by molar-refractivity contribution is 0.611. The van der Waals surface area contributed by atoms with Gasteiger partial charge in [0.25, 0.3) is 0 Å². The maximum Gasteiger partial charge on any atom is 0.139 e. The molecule has 1 N–H and O–H groups in total. The Balaban J connectivity index is 2.01. The van der Waals surface area contributed by atoms with Gasteiger partial charge in [-0.2, -0.15) is 0 Å². The van der Waals surface area contributed by atoms with E-state index >= 15 is 0 Å². The number of hydrogen-bond donors (Lipinski definition) is 1. The number of nitrogens with one attached hydrogen (secondary N) is 1. The Kier molecular flexibility index (Phi) is 3.36. The number of rotatable bonds is 4. The Morgan fingerprint density at radius 3 is 2.75 bits per heavy atom. The predicted molar refractivity (Wildman–Crippen MR) is 82.1 cm³/mol. The van der Waals surface area contributed by atoms with Crippen molar-refractivity contribution in [2.24, 2.45) is 0 Å². The topological polar surface area (TPSA) is 38.1 Å². The third-order valence-corrected chi connectivity index (χ3v) is 3.99. The minimum atomic E-state index is -0.388. The maximum absolute atomic E-state index is 6.20. The second-order valence-electron chi connectivity index (χ2n) is 4.95. The van der Waals surface area contributed by atoms with Crippen molar-refractivity contribution in [3.8, 4) is 0 Å². The second-order valence-corrected chi connectivity index (χ2v) is 5.22. The van der Waals surface area contributed by atoms with Crippen LogP contribution in [0.4, 0.5) is 5.82 Å². The van der Waals surface area contributed by atoms with E-state index in [9.17, 15) is 0 Å². The summed E-state index contributed by atoms with van der Waals surface area (Å²) in [6.07, 6.45) is 3.39. The van der Waals surface area contributed by atoms with Crippen LogP contribution in [0.25, 0.3) is 11.0 Å². The predicted octanol–water partition coefficient (Wildman–Crippen LogP) is 4.39. The molecule has 0 saturated carbocycles. The number of nitrogens with zero attached hydrogens (tertiary/aromatic N) is 1. The van der Waals surface area contributed by atoms with Crippen LogP contribution >= 0.6 is 11.6 Å². The van der Waals surface area contributed by atoms with E-state index in [0.29, 0.717) is 5.88 Å². The van der Waals surface area contributed by atoms with Gasteiger partial charge in [0.15, 0.2) is 0 Å². The fraction of sp³-hybridized carbons (Fsp3) is 0.188. The van der Waals surface area contributed by atoms with Crippen LogP contribution in [0.15, 0.2) is 59.3 Å². The first-order valence-electron chi connectivity index (χ1n) is 6.45. The summed E-state index contributed by atoms with van der Waals surface area (Å²) in [6.45, 7) is 2.07. The van der Waals surface area contributed by atoms with Crippen molar-refractivity contribution in [3.63, 3.8) is 0 Å². The molecule has 0 fully saturated rings. The van der Waals surface area contributed by atoms with E-state index in [0.717, 1.165) is 22.4 Å². The number of alkyl halides is 1. The van der Waals surface area contributed by atoms with Gasteiger partial charge in [0.05, 0.1) is 17.2 Å². The third-order valence-electron chi connectivity index (χ3n) is 3.45. The molecule has 1 aromatic carbocycles. The van der Waals surface area contributed by atoms with Gasteiger partial charge in [0.2, 0.25) is 0 Å². The number of furan rings is 1. The quantitative estimate of drug-likeness (QED) is 0.723. The summed E-state index contributed by atoms with van der Waals surface area (Å²) < 4.78 is 5.40. The van der Waals surface area contributed by atoms with E-state index < -0.39 is 0 Å². The van der Waals surface area contributed by atoms with E-state index in [1.807, 2.05) is 30.3 Å². The van der Waals surface area contributed by atoms with Gasteiger partial charge in [-0.25, -0.2) is 4.98 Å². The van der Waals surface area contributed by atoms with Crippen molar-refractivity contribution in [2.75, 3.05) is 11.2 Å². The summed E-state index contributed by atoms with van der Waals surface area (Å²) in [6, 6.07) is 13.9. The number of anilines is 1. The molecule has 0 aliphatic rings. The third kappa shape index (κ3) is 2.25. The highest BCUT2D eigenvalue weighted by molar-refractivity contribution is 6.18. The molecule has 2 aromatic heterocycles. The molecule has 4 heteroatoms. The summed E-state index contributed by atoms with van der Waals surface area (Å²) in [5.74, 6) is 1.22. The SMILES string of the molecule is CC(CCl)(Nc1nccc2occc12)c1ccccc1. The molecule has 0 spiro atoms. The van der Waals surface area contributed by atoms with Crippen LogP contribution in [0.2, 0.25) is 0 Å². The molecule has 3 nitrogen and oxygen atoms in total. The lowest BCUT2D eigenvalue weighted by Gasteiger charge is -2.30. The van der Waals surface area contributed by atoms with Gasteiger partial charge >= 0.3 is 0 Å². The zero-order valence-electron chi connectivity index (χ0n) is 11.1. The number of hydrogen-bond acceptors (Lipinski definition) is 3. The fourth-order valence-electron chi connectivity index (χ4n) is 2.24. The van der Waals surface area contributed by atoms with Gasteiger partial charge in [-0.1, -0.05) is 30.3 Å². The highest BCUT2D eigenvalue weighted by Crippen LogP contribution is 2.30. The van der Waals surface area contributed by atoms with Crippen molar-refractivity contribution < 1.29 is 4.42 Å². The van der Waals surface area contributed by atoms with E-state index in [1.165, 1.54) is 0 Å². The molecular weight excluding hydrogens is 272 g/mol. The number of halogens is 1. The van der Waals surface area contributed by atoms with Crippen LogP contribution in [-0.2, 0) is 5.54 Å². The van der Waals surface area contributed by atoms with Gasteiger partial charge < -0.3 is 9.73 Å². The van der Waals surface area contributed by atoms with Crippen molar-refractivity contribution in [1.82, 2.24) is 4.98 Å². The molecule has 0 saturated heterocycles. The average Bonchev–Trinajstić information content (AvgIpc) is 2.98. The summed E-state index contributed by atoms with van der Waals surface area (Å²) in [4.78, 5) is 4.41. The standard InChI is InChI=1S/C16H15ClN2O/c1-16(11-17,12-5-3-2-4-6-12)19-15-13-8-10-20-14(13)7-9-18-15/h2-10H,11H2,1H3,(H,18,19). The number of aromatic nitrogens is 1. The van der Waals surface area contributed by atoms with E-state index in [4.69, 9.17) is 16.0 Å². The van der Waals surface area contributed by atoms with Gasteiger partial charge in [-0.15, -0.1) is 11.6 Å². The average molecular weight is 287 g/mol. The lowest BCUT2D eigenvalue weighted by atomic mass is 9.94. The fourth-order valence-corrected chi connectivity index (χ4v) is 2.47. The van der Waals surface area contributed by atoms with Gasteiger partial charge in [0, 0.05) is 12.1 Å². The highest BCUT2D eigenvalue weighted by atomic mass is 35.5. The molecule has 0 bridgehead atoms. The molecule has 2 heterocycles. The first kappa shape index (κ1) is 13.0. The zero-order chi connectivity index (χ0) is 14.0. The van der Waals surface area contributed by atoms with Crippen LogP contribution in [-0.4, -0.2) is 10.9 Å². The smallest absolute Gasteiger partial charge is 0.139 e.